The van der Waals surface area contributed by atoms with Gasteiger partial charge in [0.2, 0.25) is 0 Å². The second kappa shape index (κ2) is 6.45. The van der Waals surface area contributed by atoms with Crippen LogP contribution in [-0.4, -0.2) is 46.7 Å². The number of hydrogen-bond acceptors (Lipinski definition) is 4. The van der Waals surface area contributed by atoms with E-state index in [1.807, 2.05) is 0 Å². The van der Waals surface area contributed by atoms with Crippen LogP contribution in [0.4, 0.5) is 0 Å². The van der Waals surface area contributed by atoms with Crippen LogP contribution in [0.2, 0.25) is 0 Å². The zero-order valence-electron chi connectivity index (χ0n) is 9.37. The van der Waals surface area contributed by atoms with Crippen molar-refractivity contribution in [3.8, 4) is 0 Å². The molecule has 0 aromatic carbocycles. The lowest BCUT2D eigenvalue weighted by molar-refractivity contribution is 0.0887. The van der Waals surface area contributed by atoms with Crippen LogP contribution in [0, 0.1) is 5.92 Å². The van der Waals surface area contributed by atoms with Gasteiger partial charge in [-0.2, -0.15) is 0 Å². The Hall–Kier alpha value is -0.130. The summed E-state index contributed by atoms with van der Waals surface area (Å²) < 4.78 is 27.1. The minimum atomic E-state index is -2.82. The quantitative estimate of drug-likeness (QED) is 0.679. The largest absolute Gasteiger partial charge is 0.381 e. The normalized spacial score (nSPS) is 19.3. The lowest BCUT2D eigenvalue weighted by Crippen LogP contribution is -2.30. The second-order valence-corrected chi connectivity index (χ2v) is 6.51. The molecule has 0 saturated carbocycles. The van der Waals surface area contributed by atoms with Crippen molar-refractivity contribution >= 4 is 9.84 Å². The standard InChI is InChI=1S/C10H21NO3S/c1-15(12,13)8-2-7-14-9-10-3-5-11-6-4-10/h10-11H,2-9H2,1H3. The van der Waals surface area contributed by atoms with E-state index < -0.39 is 9.84 Å². The third-order valence-electron chi connectivity index (χ3n) is 2.62. The Labute approximate surface area is 92.3 Å². The van der Waals surface area contributed by atoms with Crippen molar-refractivity contribution in [1.29, 1.82) is 0 Å². The molecule has 0 aromatic rings. The van der Waals surface area contributed by atoms with Crippen molar-refractivity contribution in [3.05, 3.63) is 0 Å². The molecule has 1 aliphatic rings. The van der Waals surface area contributed by atoms with E-state index in [2.05, 4.69) is 5.32 Å². The molecule has 1 N–H and O–H groups in total. The van der Waals surface area contributed by atoms with E-state index in [1.54, 1.807) is 0 Å². The number of piperidine rings is 1. The van der Waals surface area contributed by atoms with Gasteiger partial charge < -0.3 is 10.1 Å². The van der Waals surface area contributed by atoms with Crippen molar-refractivity contribution in [3.63, 3.8) is 0 Å². The predicted octanol–water partition coefficient (Wildman–Crippen LogP) is 0.437. The molecule has 1 rings (SSSR count). The molecule has 15 heavy (non-hydrogen) atoms. The van der Waals surface area contributed by atoms with Crippen LogP contribution in [0.5, 0.6) is 0 Å². The maximum absolute atomic E-state index is 10.8. The first kappa shape index (κ1) is 12.9. The molecule has 1 saturated heterocycles. The lowest BCUT2D eigenvalue weighted by Gasteiger charge is -2.22. The van der Waals surface area contributed by atoms with Crippen LogP contribution in [0.15, 0.2) is 0 Å². The number of sulfone groups is 1. The summed E-state index contributed by atoms with van der Waals surface area (Å²) in [6, 6.07) is 0. The van der Waals surface area contributed by atoms with Gasteiger partial charge in [0.05, 0.1) is 5.75 Å². The van der Waals surface area contributed by atoms with Gasteiger partial charge in [-0.15, -0.1) is 0 Å². The van der Waals surface area contributed by atoms with E-state index in [0.717, 1.165) is 19.7 Å². The Balaban J connectivity index is 1.96. The van der Waals surface area contributed by atoms with Gasteiger partial charge in [0, 0.05) is 19.5 Å². The Morgan fingerprint density at radius 3 is 2.60 bits per heavy atom. The summed E-state index contributed by atoms with van der Waals surface area (Å²) in [6.07, 6.45) is 4.22. The van der Waals surface area contributed by atoms with Crippen molar-refractivity contribution in [2.24, 2.45) is 5.92 Å². The zero-order valence-corrected chi connectivity index (χ0v) is 10.2. The topological polar surface area (TPSA) is 55.4 Å². The third kappa shape index (κ3) is 6.87. The molecule has 0 spiro atoms. The summed E-state index contributed by atoms with van der Waals surface area (Å²) in [5.74, 6) is 0.892. The summed E-state index contributed by atoms with van der Waals surface area (Å²) in [5, 5.41) is 3.30. The zero-order chi connectivity index (χ0) is 11.1. The van der Waals surface area contributed by atoms with Gasteiger partial charge in [-0.05, 0) is 38.3 Å². The molecular weight excluding hydrogens is 214 g/mol. The summed E-state index contributed by atoms with van der Waals surface area (Å²) in [7, 11) is -2.82. The molecule has 0 atom stereocenters. The summed E-state index contributed by atoms with van der Waals surface area (Å²) in [6.45, 7) is 3.51. The Kier molecular flexibility index (Phi) is 5.56. The molecule has 0 unspecified atom stereocenters. The Morgan fingerprint density at radius 2 is 2.00 bits per heavy atom. The van der Waals surface area contributed by atoms with Crippen LogP contribution in [0.25, 0.3) is 0 Å². The van der Waals surface area contributed by atoms with E-state index in [1.165, 1.54) is 19.1 Å². The molecule has 5 heteroatoms. The monoisotopic (exact) mass is 235 g/mol. The fourth-order valence-corrected chi connectivity index (χ4v) is 2.36. The fourth-order valence-electron chi connectivity index (χ4n) is 1.72. The molecule has 0 bridgehead atoms. The van der Waals surface area contributed by atoms with Gasteiger partial charge >= 0.3 is 0 Å². The molecule has 90 valence electrons. The highest BCUT2D eigenvalue weighted by atomic mass is 32.2. The summed E-state index contributed by atoms with van der Waals surface area (Å²) >= 11 is 0. The highest BCUT2D eigenvalue weighted by molar-refractivity contribution is 7.90. The lowest BCUT2D eigenvalue weighted by atomic mass is 9.99. The number of nitrogens with one attached hydrogen (secondary N) is 1. The van der Waals surface area contributed by atoms with Crippen molar-refractivity contribution < 1.29 is 13.2 Å². The first-order valence-electron chi connectivity index (χ1n) is 5.54. The second-order valence-electron chi connectivity index (χ2n) is 4.25. The average Bonchev–Trinajstić information content (AvgIpc) is 2.17. The van der Waals surface area contributed by atoms with Crippen LogP contribution < -0.4 is 5.32 Å². The summed E-state index contributed by atoms with van der Waals surface area (Å²) in [5.41, 5.74) is 0. The van der Waals surface area contributed by atoms with Crippen molar-refractivity contribution in [1.82, 2.24) is 5.32 Å². The minimum Gasteiger partial charge on any atom is -0.381 e. The highest BCUT2D eigenvalue weighted by Crippen LogP contribution is 2.11. The minimum absolute atomic E-state index is 0.235. The van der Waals surface area contributed by atoms with Crippen LogP contribution >= 0.6 is 0 Å². The van der Waals surface area contributed by atoms with E-state index in [0.29, 0.717) is 18.9 Å². The smallest absolute Gasteiger partial charge is 0.147 e. The van der Waals surface area contributed by atoms with E-state index in [-0.39, 0.29) is 5.75 Å². The molecule has 0 amide bonds. The molecule has 0 aliphatic carbocycles. The molecule has 1 fully saturated rings. The SMILES string of the molecule is CS(=O)(=O)CCCOCC1CCNCC1. The van der Waals surface area contributed by atoms with Gasteiger partial charge in [0.25, 0.3) is 0 Å². The Bertz CT molecular complexity index is 258. The number of hydrogen-bond donors (Lipinski definition) is 1. The van der Waals surface area contributed by atoms with Crippen LogP contribution in [0.3, 0.4) is 0 Å². The van der Waals surface area contributed by atoms with E-state index in [9.17, 15) is 8.42 Å². The third-order valence-corrected chi connectivity index (χ3v) is 3.65. The van der Waals surface area contributed by atoms with Gasteiger partial charge in [-0.3, -0.25) is 0 Å². The maximum Gasteiger partial charge on any atom is 0.147 e. The van der Waals surface area contributed by atoms with Gasteiger partial charge in [-0.1, -0.05) is 0 Å². The van der Waals surface area contributed by atoms with Gasteiger partial charge in [-0.25, -0.2) is 8.42 Å². The van der Waals surface area contributed by atoms with Crippen LogP contribution in [0.1, 0.15) is 19.3 Å². The van der Waals surface area contributed by atoms with E-state index >= 15 is 0 Å². The maximum atomic E-state index is 10.8. The van der Waals surface area contributed by atoms with Crippen molar-refractivity contribution in [2.45, 2.75) is 19.3 Å². The molecule has 0 aromatic heterocycles. The number of ether oxygens (including phenoxy) is 1. The summed E-state index contributed by atoms with van der Waals surface area (Å²) in [4.78, 5) is 0. The molecular formula is C10H21NO3S. The first-order chi connectivity index (χ1) is 7.08. The van der Waals surface area contributed by atoms with Gasteiger partial charge in [0.15, 0.2) is 0 Å². The number of rotatable bonds is 6. The molecule has 4 nitrogen and oxygen atoms in total. The fraction of sp³-hybridized carbons (Fsp3) is 1.00. The molecule has 0 radical (unpaired) electrons. The first-order valence-corrected chi connectivity index (χ1v) is 7.60. The Morgan fingerprint density at radius 1 is 1.33 bits per heavy atom. The predicted molar refractivity (Wildman–Crippen MR) is 60.7 cm³/mol. The molecule has 1 heterocycles. The van der Waals surface area contributed by atoms with Crippen LogP contribution in [-0.2, 0) is 14.6 Å². The molecule has 1 aliphatic heterocycles. The van der Waals surface area contributed by atoms with Gasteiger partial charge in [0.1, 0.15) is 9.84 Å². The van der Waals surface area contributed by atoms with Crippen molar-refractivity contribution in [2.75, 3.05) is 38.3 Å². The highest BCUT2D eigenvalue weighted by Gasteiger charge is 2.12. The average molecular weight is 235 g/mol. The van der Waals surface area contributed by atoms with E-state index in [4.69, 9.17) is 4.74 Å².